The molecule has 29 heavy (non-hydrogen) atoms. The lowest BCUT2D eigenvalue weighted by Gasteiger charge is -2.40. The molecular weight excluding hydrogens is 396 g/mol. The summed E-state index contributed by atoms with van der Waals surface area (Å²) in [5, 5.41) is -0.674. The summed E-state index contributed by atoms with van der Waals surface area (Å²) in [6.07, 6.45) is 11.6. The van der Waals surface area contributed by atoms with Crippen LogP contribution in [0.2, 0.25) is 22.7 Å². The van der Waals surface area contributed by atoms with Crippen molar-refractivity contribution < 1.29 is 18.1 Å². The third-order valence-corrected chi connectivity index (χ3v) is 14.1. The quantitative estimate of drug-likeness (QED) is 0.163. The zero-order valence-corrected chi connectivity index (χ0v) is 22.7. The second kappa shape index (κ2) is 15.6. The van der Waals surface area contributed by atoms with Gasteiger partial charge in [-0.05, 0) is 31.0 Å². The Morgan fingerprint density at radius 1 is 0.897 bits per heavy atom. The van der Waals surface area contributed by atoms with E-state index in [2.05, 4.69) is 27.7 Å². The Hall–Kier alpha value is -0.176. The van der Waals surface area contributed by atoms with Crippen molar-refractivity contribution >= 4 is 23.6 Å². The highest BCUT2D eigenvalue weighted by Crippen LogP contribution is 2.42. The van der Waals surface area contributed by atoms with Crippen LogP contribution in [0.15, 0.2) is 0 Å². The molecule has 4 nitrogen and oxygen atoms in total. The van der Waals surface area contributed by atoms with E-state index in [0.717, 1.165) is 18.5 Å². The summed E-state index contributed by atoms with van der Waals surface area (Å²) in [4.78, 5) is 13.5. The van der Waals surface area contributed by atoms with Crippen LogP contribution in [0.3, 0.4) is 0 Å². The Kier molecular flexibility index (Phi) is 15.5. The maximum atomic E-state index is 13.5. The summed E-state index contributed by atoms with van der Waals surface area (Å²) in [7, 11) is -0.633. The van der Waals surface area contributed by atoms with E-state index in [1.54, 1.807) is 14.2 Å². The Labute approximate surface area is 184 Å². The van der Waals surface area contributed by atoms with Crippen LogP contribution in [0, 0.1) is 0 Å². The predicted octanol–water partition coefficient (Wildman–Crippen LogP) is 7.39. The highest BCUT2D eigenvalue weighted by Gasteiger charge is 2.51. The van der Waals surface area contributed by atoms with E-state index in [1.165, 1.54) is 51.4 Å². The number of hydrogen-bond acceptors (Lipinski definition) is 4. The van der Waals surface area contributed by atoms with Crippen molar-refractivity contribution in [2.75, 3.05) is 14.2 Å². The monoisotopic (exact) mass is 445 g/mol. The number of carbonyl (C=O) groups excluding carboxylic acids is 1. The van der Waals surface area contributed by atoms with Crippen LogP contribution in [0.1, 0.15) is 106 Å². The van der Waals surface area contributed by atoms with Crippen LogP contribution in [0.4, 0.5) is 0 Å². The van der Waals surface area contributed by atoms with Crippen molar-refractivity contribution in [2.24, 2.45) is 0 Å². The Bertz CT molecular complexity index is 417. The molecule has 0 aliphatic heterocycles. The molecule has 2 unspecified atom stereocenters. The number of hydrogen-bond donors (Lipinski definition) is 0. The van der Waals surface area contributed by atoms with E-state index in [0.29, 0.717) is 12.0 Å². The zero-order valence-electron chi connectivity index (χ0n) is 20.7. The fraction of sp³-hybridized carbons (Fsp3) is 0.957. The first-order chi connectivity index (χ1) is 13.8. The molecule has 0 saturated carbocycles. The molecule has 173 valence electrons. The minimum Gasteiger partial charge on any atom is -0.518 e. The number of carbonyl (C=O) groups is 1. The summed E-state index contributed by atoms with van der Waals surface area (Å²) >= 11 is 0. The highest BCUT2D eigenvalue weighted by atomic mass is 28.4. The Morgan fingerprint density at radius 2 is 1.38 bits per heavy atom. The van der Waals surface area contributed by atoms with E-state index >= 15 is 0 Å². The topological polar surface area (TPSA) is 44.8 Å². The second-order valence-electron chi connectivity index (χ2n) is 8.77. The van der Waals surface area contributed by atoms with Gasteiger partial charge in [0.05, 0.1) is 0 Å². The van der Waals surface area contributed by atoms with Crippen LogP contribution in [-0.2, 0) is 18.1 Å². The first kappa shape index (κ1) is 28.8. The van der Waals surface area contributed by atoms with E-state index < -0.39 is 22.6 Å². The van der Waals surface area contributed by atoms with E-state index in [1.807, 2.05) is 13.8 Å². The fourth-order valence-electron chi connectivity index (χ4n) is 4.10. The first-order valence-electron chi connectivity index (χ1n) is 12.0. The van der Waals surface area contributed by atoms with Crippen LogP contribution < -0.4 is 0 Å². The van der Waals surface area contributed by atoms with Gasteiger partial charge in [0.25, 0.3) is 14.3 Å². The first-order valence-corrected chi connectivity index (χ1v) is 15.7. The molecule has 0 bridgehead atoms. The molecule has 0 aromatic rings. The fourth-order valence-corrected chi connectivity index (χ4v) is 10.5. The smallest absolute Gasteiger partial charge is 0.402 e. The van der Waals surface area contributed by atoms with Crippen molar-refractivity contribution in [3.8, 4) is 0 Å². The number of rotatable bonds is 18. The molecule has 0 N–H and O–H groups in total. The van der Waals surface area contributed by atoms with E-state index in [9.17, 15) is 4.79 Å². The number of unbranched alkanes of at least 4 members (excludes halogenated alkanes) is 6. The van der Waals surface area contributed by atoms with Gasteiger partial charge in [-0.2, -0.15) is 0 Å². The van der Waals surface area contributed by atoms with Gasteiger partial charge in [0.15, 0.2) is 0 Å². The Morgan fingerprint density at radius 3 is 1.72 bits per heavy atom. The molecule has 0 rings (SSSR count). The van der Waals surface area contributed by atoms with Crippen molar-refractivity contribution in [1.82, 2.24) is 0 Å². The Balaban J connectivity index is 5.66. The highest BCUT2D eigenvalue weighted by molar-refractivity contribution is 6.77. The molecule has 0 amide bonds. The molecule has 1 radical (unpaired) electrons. The molecule has 6 heteroatoms. The lowest BCUT2D eigenvalue weighted by atomic mass is 10.1. The summed E-state index contributed by atoms with van der Waals surface area (Å²) in [6, 6.07) is 2.20. The third-order valence-electron chi connectivity index (χ3n) is 6.69. The van der Waals surface area contributed by atoms with Gasteiger partial charge in [0.1, 0.15) is 5.04 Å². The van der Waals surface area contributed by atoms with Crippen molar-refractivity contribution in [2.45, 2.75) is 128 Å². The molecule has 0 aliphatic carbocycles. The summed E-state index contributed by atoms with van der Waals surface area (Å²) in [5.41, 5.74) is 0.483. The van der Waals surface area contributed by atoms with Gasteiger partial charge in [0.2, 0.25) is 0 Å². The van der Waals surface area contributed by atoms with E-state index in [4.69, 9.17) is 13.3 Å². The average Bonchev–Trinajstić information content (AvgIpc) is 2.73. The molecular formula is C23H49O4Si2. The van der Waals surface area contributed by atoms with Gasteiger partial charge < -0.3 is 13.3 Å². The lowest BCUT2D eigenvalue weighted by molar-refractivity contribution is -0.139. The predicted molar refractivity (Wildman–Crippen MR) is 128 cm³/mol. The normalized spacial score (nSPS) is 15.3. The molecule has 0 heterocycles. The minimum absolute atomic E-state index is 0.0736. The molecule has 0 aromatic carbocycles. The van der Waals surface area contributed by atoms with Crippen LogP contribution in [-0.4, -0.2) is 37.8 Å². The molecule has 0 aromatic heterocycles. The van der Waals surface area contributed by atoms with Crippen LogP contribution >= 0.6 is 0 Å². The maximum Gasteiger partial charge on any atom is 0.402 e. The molecule has 2 atom stereocenters. The summed E-state index contributed by atoms with van der Waals surface area (Å²) in [5.74, 6) is -0.0736. The largest absolute Gasteiger partial charge is 0.518 e. The maximum absolute atomic E-state index is 13.5. The van der Waals surface area contributed by atoms with Crippen molar-refractivity contribution in [3.63, 3.8) is 0 Å². The van der Waals surface area contributed by atoms with Crippen LogP contribution in [0.25, 0.3) is 0 Å². The second-order valence-corrected chi connectivity index (χ2v) is 15.6. The summed E-state index contributed by atoms with van der Waals surface area (Å²) < 4.78 is 17.9. The molecule has 0 fully saturated rings. The van der Waals surface area contributed by atoms with Gasteiger partial charge in [-0.1, -0.05) is 92.4 Å². The van der Waals surface area contributed by atoms with Gasteiger partial charge in [-0.25, -0.2) is 0 Å². The SMILES string of the molecule is CCCCCC[Si](CCCCCC)(OC(=O)C(C)(CC)[Si](OC)OC)C(C)CC. The van der Waals surface area contributed by atoms with E-state index in [-0.39, 0.29) is 5.97 Å². The van der Waals surface area contributed by atoms with Gasteiger partial charge in [-0.3, -0.25) is 4.79 Å². The third kappa shape index (κ3) is 8.84. The molecule has 0 saturated heterocycles. The van der Waals surface area contributed by atoms with Crippen molar-refractivity contribution in [1.29, 1.82) is 0 Å². The van der Waals surface area contributed by atoms with Gasteiger partial charge in [-0.15, -0.1) is 0 Å². The standard InChI is InChI=1S/C23H49O4Si2/c1-9-13-15-17-19-29(21(5)11-3,20-18-16-14-10-2)27-22(24)23(6,12-4)28(25-7)26-8/h21H,9-20H2,1-8H3. The van der Waals surface area contributed by atoms with Gasteiger partial charge in [0, 0.05) is 14.2 Å². The minimum atomic E-state index is -2.20. The molecule has 0 aliphatic rings. The average molecular weight is 446 g/mol. The summed E-state index contributed by atoms with van der Waals surface area (Å²) in [6.45, 7) is 13.1. The lowest BCUT2D eigenvalue weighted by Crippen LogP contribution is -2.50. The van der Waals surface area contributed by atoms with Crippen molar-refractivity contribution in [3.05, 3.63) is 0 Å². The van der Waals surface area contributed by atoms with Gasteiger partial charge >= 0.3 is 9.28 Å². The molecule has 0 spiro atoms. The van der Waals surface area contributed by atoms with Crippen LogP contribution in [0.5, 0.6) is 0 Å². The zero-order chi connectivity index (χ0) is 22.3.